The summed E-state index contributed by atoms with van der Waals surface area (Å²) in [5.74, 6) is -0.0602. The Morgan fingerprint density at radius 2 is 1.85 bits per heavy atom. The molecule has 9 heteroatoms. The summed E-state index contributed by atoms with van der Waals surface area (Å²) in [5.41, 5.74) is 7.84. The maximum atomic E-state index is 13.1. The van der Waals surface area contributed by atoms with Gasteiger partial charge in [0, 0.05) is 41.3 Å². The van der Waals surface area contributed by atoms with Crippen LogP contribution in [-0.2, 0) is 4.79 Å². The number of carbonyl (C=O) groups is 1. The van der Waals surface area contributed by atoms with Gasteiger partial charge in [0.15, 0.2) is 5.11 Å². The second-order valence-corrected chi connectivity index (χ2v) is 11.4. The van der Waals surface area contributed by atoms with Gasteiger partial charge >= 0.3 is 0 Å². The summed E-state index contributed by atoms with van der Waals surface area (Å²) in [5, 5.41) is 8.31. The van der Waals surface area contributed by atoms with Crippen LogP contribution in [0.25, 0.3) is 5.69 Å². The highest BCUT2D eigenvalue weighted by atomic mass is 35.5. The molecule has 0 radical (unpaired) electrons. The van der Waals surface area contributed by atoms with E-state index in [1.807, 2.05) is 62.4 Å². The number of hydrogen-bond donors (Lipinski definition) is 2. The Balaban J connectivity index is 1.48. The van der Waals surface area contributed by atoms with Crippen molar-refractivity contribution in [1.82, 2.24) is 19.8 Å². The average molecular weight is 593 g/mol. The lowest BCUT2D eigenvalue weighted by atomic mass is 9.96. The molecule has 2 unspecified atom stereocenters. The van der Waals surface area contributed by atoms with Crippen molar-refractivity contribution in [3.05, 3.63) is 111 Å². The maximum absolute atomic E-state index is 13.1. The van der Waals surface area contributed by atoms with Crippen LogP contribution in [0.5, 0.6) is 0 Å². The lowest BCUT2D eigenvalue weighted by Crippen LogP contribution is -2.33. The van der Waals surface area contributed by atoms with Gasteiger partial charge in [0.25, 0.3) is 0 Å². The van der Waals surface area contributed by atoms with Gasteiger partial charge in [-0.05, 0) is 99.1 Å². The van der Waals surface area contributed by atoms with E-state index in [1.165, 1.54) is 0 Å². The fraction of sp³-hybridized carbons (Fsp3) is 0.258. The van der Waals surface area contributed by atoms with Crippen molar-refractivity contribution in [2.75, 3.05) is 11.9 Å². The number of nitrogens with one attached hydrogen (secondary N) is 2. The number of pyridine rings is 1. The van der Waals surface area contributed by atoms with E-state index in [-0.39, 0.29) is 24.4 Å². The van der Waals surface area contributed by atoms with Crippen LogP contribution in [0.3, 0.4) is 0 Å². The van der Waals surface area contributed by atoms with Gasteiger partial charge in [-0.25, -0.2) is 0 Å². The number of hydrogen-bond acceptors (Lipinski definition) is 3. The van der Waals surface area contributed by atoms with Crippen molar-refractivity contribution in [3.8, 4) is 5.69 Å². The van der Waals surface area contributed by atoms with Crippen LogP contribution in [0.2, 0.25) is 10.0 Å². The Hall–Kier alpha value is -3.39. The summed E-state index contributed by atoms with van der Waals surface area (Å²) in [4.78, 5) is 19.8. The first-order chi connectivity index (χ1) is 19.1. The third kappa shape index (κ3) is 5.59. The van der Waals surface area contributed by atoms with Crippen molar-refractivity contribution in [2.45, 2.75) is 46.2 Å². The van der Waals surface area contributed by atoms with Crippen LogP contribution in [0.15, 0.2) is 66.9 Å². The summed E-state index contributed by atoms with van der Waals surface area (Å²) in [6.07, 6.45) is 2.07. The number of carbonyl (C=O) groups excluding carboxylic acids is 1. The Morgan fingerprint density at radius 3 is 2.58 bits per heavy atom. The van der Waals surface area contributed by atoms with E-state index in [4.69, 9.17) is 35.4 Å². The van der Waals surface area contributed by atoms with Gasteiger partial charge in [-0.1, -0.05) is 41.4 Å². The zero-order valence-corrected chi connectivity index (χ0v) is 25.2. The van der Waals surface area contributed by atoms with Crippen molar-refractivity contribution in [2.24, 2.45) is 0 Å². The van der Waals surface area contributed by atoms with Crippen LogP contribution < -0.4 is 10.6 Å². The smallest absolute Gasteiger partial charge is 0.226 e. The van der Waals surface area contributed by atoms with Gasteiger partial charge in [-0.15, -0.1) is 0 Å². The zero-order valence-electron chi connectivity index (χ0n) is 22.8. The molecule has 0 bridgehead atoms. The Kier molecular flexibility index (Phi) is 8.17. The highest BCUT2D eigenvalue weighted by Crippen LogP contribution is 2.42. The average Bonchev–Trinajstić information content (AvgIpc) is 3.40. The normalized spacial score (nSPS) is 16.8. The van der Waals surface area contributed by atoms with E-state index < -0.39 is 0 Å². The van der Waals surface area contributed by atoms with Crippen molar-refractivity contribution in [3.63, 3.8) is 0 Å². The van der Waals surface area contributed by atoms with Gasteiger partial charge in [0.1, 0.15) is 0 Å². The molecule has 0 aliphatic carbocycles. The summed E-state index contributed by atoms with van der Waals surface area (Å²) < 4.78 is 2.14. The molecule has 1 aliphatic rings. The number of benzene rings is 2. The predicted molar refractivity (Wildman–Crippen MR) is 167 cm³/mol. The molecule has 1 aliphatic heterocycles. The predicted octanol–water partition coefficient (Wildman–Crippen LogP) is 7.41. The molecule has 2 atom stereocenters. The Labute approximate surface area is 250 Å². The van der Waals surface area contributed by atoms with E-state index in [0.29, 0.717) is 21.7 Å². The molecular formula is C31H31Cl2N5OS. The minimum atomic E-state index is -0.189. The molecule has 2 aromatic heterocycles. The first kappa shape index (κ1) is 28.1. The molecule has 0 spiro atoms. The minimum Gasteiger partial charge on any atom is -0.352 e. The summed E-state index contributed by atoms with van der Waals surface area (Å²) in [7, 11) is 0. The molecule has 4 aromatic rings. The highest BCUT2D eigenvalue weighted by Gasteiger charge is 2.41. The van der Waals surface area contributed by atoms with Crippen LogP contribution in [0.4, 0.5) is 5.69 Å². The number of anilines is 1. The van der Waals surface area contributed by atoms with E-state index in [0.717, 1.165) is 45.1 Å². The quantitative estimate of drug-likeness (QED) is 0.219. The fourth-order valence-electron chi connectivity index (χ4n) is 5.41. The van der Waals surface area contributed by atoms with E-state index in [9.17, 15) is 4.79 Å². The number of amides is 1. The standard InChI is InChI=1S/C31H31Cl2N5OS/c1-18-8-9-19(2)26(15-18)35-28(39)12-14-37-30(29(36-31(37)40)25-7-5-6-13-34-25)23-16-20(3)38(21(23)4)27-11-10-22(32)17-24(27)33/h5-11,13,15-17,29-30H,12,14H2,1-4H3,(H,35,39)(H,36,40). The van der Waals surface area contributed by atoms with Crippen LogP contribution in [0, 0.1) is 27.7 Å². The summed E-state index contributed by atoms with van der Waals surface area (Å²) in [6, 6.07) is 19.2. The van der Waals surface area contributed by atoms with E-state index in [2.05, 4.69) is 45.0 Å². The van der Waals surface area contributed by atoms with Crippen molar-refractivity contribution in [1.29, 1.82) is 0 Å². The molecule has 5 rings (SSSR count). The number of thiocarbonyl (C=S) groups is 1. The van der Waals surface area contributed by atoms with Gasteiger partial charge in [-0.2, -0.15) is 0 Å². The molecule has 3 heterocycles. The van der Waals surface area contributed by atoms with Gasteiger partial charge in [0.2, 0.25) is 5.91 Å². The van der Waals surface area contributed by atoms with Crippen LogP contribution in [-0.4, -0.2) is 32.0 Å². The number of nitrogens with zero attached hydrogens (tertiary/aromatic N) is 3. The lowest BCUT2D eigenvalue weighted by molar-refractivity contribution is -0.116. The molecule has 6 nitrogen and oxygen atoms in total. The summed E-state index contributed by atoms with van der Waals surface area (Å²) in [6.45, 7) is 8.58. The van der Waals surface area contributed by atoms with Crippen molar-refractivity contribution < 1.29 is 4.79 Å². The topological polar surface area (TPSA) is 62.2 Å². The first-order valence-electron chi connectivity index (χ1n) is 13.1. The first-order valence-corrected chi connectivity index (χ1v) is 14.3. The van der Waals surface area contributed by atoms with Gasteiger partial charge in [0.05, 0.1) is 28.5 Å². The van der Waals surface area contributed by atoms with Crippen molar-refractivity contribution >= 4 is 52.1 Å². The molecular weight excluding hydrogens is 561 g/mol. The third-order valence-corrected chi connectivity index (χ3v) is 8.27. The monoisotopic (exact) mass is 591 g/mol. The van der Waals surface area contributed by atoms with Crippen LogP contribution in [0.1, 0.15) is 52.3 Å². The highest BCUT2D eigenvalue weighted by molar-refractivity contribution is 7.80. The van der Waals surface area contributed by atoms with Gasteiger partial charge in [-0.3, -0.25) is 9.78 Å². The zero-order chi connectivity index (χ0) is 28.6. The molecule has 40 heavy (non-hydrogen) atoms. The molecule has 0 saturated carbocycles. The molecule has 206 valence electrons. The lowest BCUT2D eigenvalue weighted by Gasteiger charge is -2.28. The number of rotatable bonds is 7. The second-order valence-electron chi connectivity index (χ2n) is 10.2. The minimum absolute atomic E-state index is 0.0602. The number of halogens is 2. The molecule has 2 N–H and O–H groups in total. The number of aromatic nitrogens is 2. The maximum Gasteiger partial charge on any atom is 0.226 e. The largest absolute Gasteiger partial charge is 0.352 e. The Bertz CT molecular complexity index is 1590. The molecule has 1 amide bonds. The number of aryl methyl sites for hydroxylation is 3. The molecule has 2 aromatic carbocycles. The molecule has 1 fully saturated rings. The van der Waals surface area contributed by atoms with E-state index >= 15 is 0 Å². The third-order valence-electron chi connectivity index (χ3n) is 7.38. The molecule has 1 saturated heterocycles. The van der Waals surface area contributed by atoms with Gasteiger partial charge < -0.3 is 20.1 Å². The SMILES string of the molecule is Cc1ccc(C)c(NC(=O)CCN2C(=S)NC(c3ccccn3)C2c2cc(C)n(-c3ccc(Cl)cc3Cl)c2C)c1. The summed E-state index contributed by atoms with van der Waals surface area (Å²) >= 11 is 18.6. The van der Waals surface area contributed by atoms with E-state index in [1.54, 1.807) is 12.3 Å². The second kappa shape index (κ2) is 11.6. The Morgan fingerprint density at radius 1 is 1.05 bits per heavy atom. The fourth-order valence-corrected chi connectivity index (χ4v) is 6.24. The van der Waals surface area contributed by atoms with Crippen LogP contribution >= 0.6 is 35.4 Å².